The predicted molar refractivity (Wildman–Crippen MR) is 67.9 cm³/mol. The first-order valence-electron chi connectivity index (χ1n) is 5.54. The quantitative estimate of drug-likeness (QED) is 0.679. The van der Waals surface area contributed by atoms with Crippen LogP contribution in [0.15, 0.2) is 24.3 Å². The number of hydrogen-bond donors (Lipinski definition) is 3. The Kier molecular flexibility index (Phi) is 4.78. The smallest absolute Gasteiger partial charge is 0.236 e. The second-order valence-corrected chi connectivity index (χ2v) is 4.08. The molecule has 1 rings (SSSR count). The maximum absolute atomic E-state index is 10.7. The minimum absolute atomic E-state index is 0.150. The number of carbonyl (C=O) groups excluding carboxylic acids is 1. The summed E-state index contributed by atoms with van der Waals surface area (Å²) in [5.74, 6) is 0.294. The number of primary amides is 1. The second-order valence-electron chi connectivity index (χ2n) is 4.08. The molecule has 0 radical (unpaired) electrons. The lowest BCUT2D eigenvalue weighted by Crippen LogP contribution is -2.41. The zero-order valence-corrected chi connectivity index (χ0v) is 10.1. The molecular formula is C12H19N3O2. The van der Waals surface area contributed by atoms with Crippen LogP contribution in [0.4, 0.5) is 5.69 Å². The maximum atomic E-state index is 10.7. The molecule has 0 spiro atoms. The van der Waals surface area contributed by atoms with Gasteiger partial charge in [0.1, 0.15) is 11.8 Å². The molecule has 0 aromatic heterocycles. The molecule has 1 aromatic rings. The number of benzene rings is 1. The van der Waals surface area contributed by atoms with Gasteiger partial charge >= 0.3 is 0 Å². The monoisotopic (exact) mass is 237 g/mol. The summed E-state index contributed by atoms with van der Waals surface area (Å²) in [5, 5.41) is 3.02. The molecule has 94 valence electrons. The predicted octanol–water partition coefficient (Wildman–Crippen LogP) is 0.698. The topological polar surface area (TPSA) is 90.4 Å². The van der Waals surface area contributed by atoms with Crippen molar-refractivity contribution >= 4 is 11.6 Å². The number of hydrogen-bond acceptors (Lipinski definition) is 4. The summed E-state index contributed by atoms with van der Waals surface area (Å²) in [7, 11) is 0. The van der Waals surface area contributed by atoms with Gasteiger partial charge < -0.3 is 21.5 Å². The highest BCUT2D eigenvalue weighted by atomic mass is 16.5. The van der Waals surface area contributed by atoms with Gasteiger partial charge in [0.05, 0.1) is 6.10 Å². The maximum Gasteiger partial charge on any atom is 0.236 e. The normalized spacial score (nSPS) is 12.2. The molecule has 0 bridgehead atoms. The van der Waals surface area contributed by atoms with Gasteiger partial charge in [-0.2, -0.15) is 0 Å². The van der Waals surface area contributed by atoms with Crippen LogP contribution in [0.2, 0.25) is 0 Å². The highest BCUT2D eigenvalue weighted by molar-refractivity contribution is 5.80. The number of nitrogens with two attached hydrogens (primary N) is 2. The Balaban J connectivity index is 2.48. The molecule has 1 unspecified atom stereocenters. The number of carbonyl (C=O) groups is 1. The van der Waals surface area contributed by atoms with Crippen LogP contribution in [0, 0.1) is 0 Å². The Labute approximate surface area is 101 Å². The van der Waals surface area contributed by atoms with E-state index in [1.165, 1.54) is 0 Å². The molecule has 0 fully saturated rings. The highest BCUT2D eigenvalue weighted by Gasteiger charge is 2.08. The van der Waals surface area contributed by atoms with Crippen LogP contribution < -0.4 is 21.5 Å². The van der Waals surface area contributed by atoms with E-state index >= 15 is 0 Å². The standard InChI is InChI=1S/C12H19N3O2/c1-8(2)17-10-5-3-9(4-6-10)15-7-11(13)12(14)16/h3-6,8,11,15H,7,13H2,1-2H3,(H2,14,16). The lowest BCUT2D eigenvalue weighted by Gasteiger charge is -2.12. The molecule has 17 heavy (non-hydrogen) atoms. The van der Waals surface area contributed by atoms with Crippen molar-refractivity contribution < 1.29 is 9.53 Å². The van der Waals surface area contributed by atoms with Crippen LogP contribution in [0.25, 0.3) is 0 Å². The number of ether oxygens (including phenoxy) is 1. The van der Waals surface area contributed by atoms with E-state index in [0.717, 1.165) is 11.4 Å². The van der Waals surface area contributed by atoms with Gasteiger partial charge in [0, 0.05) is 12.2 Å². The number of rotatable bonds is 6. The van der Waals surface area contributed by atoms with Crippen LogP contribution in [0.5, 0.6) is 5.75 Å². The Morgan fingerprint density at radius 1 is 1.35 bits per heavy atom. The van der Waals surface area contributed by atoms with Gasteiger partial charge in [-0.05, 0) is 38.1 Å². The van der Waals surface area contributed by atoms with Crippen molar-refractivity contribution in [1.82, 2.24) is 0 Å². The molecule has 0 aliphatic rings. The van der Waals surface area contributed by atoms with Crippen LogP contribution in [-0.4, -0.2) is 24.6 Å². The van der Waals surface area contributed by atoms with Crippen molar-refractivity contribution in [2.45, 2.75) is 26.0 Å². The van der Waals surface area contributed by atoms with Crippen LogP contribution in [-0.2, 0) is 4.79 Å². The van der Waals surface area contributed by atoms with Crippen LogP contribution in [0.1, 0.15) is 13.8 Å². The number of anilines is 1. The van der Waals surface area contributed by atoms with E-state index in [1.54, 1.807) is 0 Å². The summed E-state index contributed by atoms with van der Waals surface area (Å²) >= 11 is 0. The lowest BCUT2D eigenvalue weighted by molar-refractivity contribution is -0.118. The van der Waals surface area contributed by atoms with Crippen molar-refractivity contribution in [2.75, 3.05) is 11.9 Å². The fraction of sp³-hybridized carbons (Fsp3) is 0.417. The molecule has 1 amide bonds. The van der Waals surface area contributed by atoms with E-state index in [4.69, 9.17) is 16.2 Å². The van der Waals surface area contributed by atoms with E-state index in [0.29, 0.717) is 6.54 Å². The first-order chi connectivity index (χ1) is 7.99. The molecular weight excluding hydrogens is 218 g/mol. The van der Waals surface area contributed by atoms with Gasteiger partial charge in [-0.15, -0.1) is 0 Å². The summed E-state index contributed by atoms with van der Waals surface area (Å²) in [6.07, 6.45) is 0.150. The lowest BCUT2D eigenvalue weighted by atomic mass is 10.2. The van der Waals surface area contributed by atoms with Gasteiger partial charge in [0.2, 0.25) is 5.91 Å². The first kappa shape index (κ1) is 13.3. The first-order valence-corrected chi connectivity index (χ1v) is 5.54. The third-order valence-corrected chi connectivity index (χ3v) is 2.12. The molecule has 5 heteroatoms. The minimum atomic E-state index is -0.679. The molecule has 5 nitrogen and oxygen atoms in total. The number of amides is 1. The van der Waals surface area contributed by atoms with Gasteiger partial charge in [-0.3, -0.25) is 4.79 Å². The molecule has 5 N–H and O–H groups in total. The van der Waals surface area contributed by atoms with E-state index in [9.17, 15) is 4.79 Å². The molecule has 0 saturated carbocycles. The van der Waals surface area contributed by atoms with Gasteiger partial charge in [0.15, 0.2) is 0 Å². The summed E-state index contributed by atoms with van der Waals surface area (Å²) in [5.41, 5.74) is 11.4. The minimum Gasteiger partial charge on any atom is -0.491 e. The fourth-order valence-electron chi connectivity index (χ4n) is 1.25. The van der Waals surface area contributed by atoms with Crippen molar-refractivity contribution in [3.05, 3.63) is 24.3 Å². The summed E-state index contributed by atoms with van der Waals surface area (Å²) in [6, 6.07) is 6.77. The average molecular weight is 237 g/mol. The SMILES string of the molecule is CC(C)Oc1ccc(NCC(N)C(N)=O)cc1. The second kappa shape index (κ2) is 6.10. The third-order valence-electron chi connectivity index (χ3n) is 2.12. The van der Waals surface area contributed by atoms with Crippen molar-refractivity contribution in [2.24, 2.45) is 11.5 Å². The summed E-state index contributed by atoms with van der Waals surface area (Å²) < 4.78 is 5.51. The van der Waals surface area contributed by atoms with Crippen molar-refractivity contribution in [3.8, 4) is 5.75 Å². The van der Waals surface area contributed by atoms with E-state index in [2.05, 4.69) is 5.32 Å². The van der Waals surface area contributed by atoms with Gasteiger partial charge in [-0.25, -0.2) is 0 Å². The molecule has 0 aliphatic carbocycles. The Morgan fingerprint density at radius 3 is 2.41 bits per heavy atom. The van der Waals surface area contributed by atoms with Crippen LogP contribution >= 0.6 is 0 Å². The summed E-state index contributed by atoms with van der Waals surface area (Å²) in [6.45, 7) is 4.26. The van der Waals surface area contributed by atoms with E-state index in [1.807, 2.05) is 38.1 Å². The van der Waals surface area contributed by atoms with E-state index in [-0.39, 0.29) is 6.10 Å². The zero-order valence-electron chi connectivity index (χ0n) is 10.1. The Bertz CT molecular complexity index is 363. The van der Waals surface area contributed by atoms with E-state index < -0.39 is 11.9 Å². The Morgan fingerprint density at radius 2 is 1.94 bits per heavy atom. The Hall–Kier alpha value is -1.75. The zero-order chi connectivity index (χ0) is 12.8. The fourth-order valence-corrected chi connectivity index (χ4v) is 1.25. The molecule has 0 aliphatic heterocycles. The van der Waals surface area contributed by atoms with Gasteiger partial charge in [0.25, 0.3) is 0 Å². The van der Waals surface area contributed by atoms with Crippen LogP contribution in [0.3, 0.4) is 0 Å². The van der Waals surface area contributed by atoms with Gasteiger partial charge in [-0.1, -0.05) is 0 Å². The molecule has 1 atom stereocenters. The molecule has 1 aromatic carbocycles. The molecule has 0 heterocycles. The average Bonchev–Trinajstić information content (AvgIpc) is 2.26. The highest BCUT2D eigenvalue weighted by Crippen LogP contribution is 2.16. The van der Waals surface area contributed by atoms with Crippen molar-refractivity contribution in [3.63, 3.8) is 0 Å². The third kappa shape index (κ3) is 4.74. The van der Waals surface area contributed by atoms with Crippen molar-refractivity contribution in [1.29, 1.82) is 0 Å². The number of nitrogens with one attached hydrogen (secondary N) is 1. The summed E-state index contributed by atoms with van der Waals surface area (Å²) in [4.78, 5) is 10.7. The largest absolute Gasteiger partial charge is 0.491 e. The molecule has 0 saturated heterocycles.